The number of rotatable bonds is 3. The predicted octanol–water partition coefficient (Wildman–Crippen LogP) is 2.15. The van der Waals surface area contributed by atoms with E-state index >= 15 is 0 Å². The molecule has 0 radical (unpaired) electrons. The van der Waals surface area contributed by atoms with E-state index in [4.69, 9.17) is 11.6 Å². The second-order valence-corrected chi connectivity index (χ2v) is 4.89. The van der Waals surface area contributed by atoms with Gasteiger partial charge in [0.05, 0.1) is 4.92 Å². The first-order valence-electron chi connectivity index (χ1n) is 5.82. The van der Waals surface area contributed by atoms with Crippen molar-refractivity contribution in [3.63, 3.8) is 0 Å². The number of nitro groups is 1. The van der Waals surface area contributed by atoms with Gasteiger partial charge in [0.1, 0.15) is 5.15 Å². The number of likely N-dealkylation sites (tertiary alicyclic amines) is 1. The van der Waals surface area contributed by atoms with Crippen LogP contribution in [-0.2, 0) is 0 Å². The molecule has 1 aliphatic heterocycles. The van der Waals surface area contributed by atoms with Crippen molar-refractivity contribution in [2.45, 2.75) is 18.9 Å². The van der Waals surface area contributed by atoms with Crippen LogP contribution in [0.15, 0.2) is 12.1 Å². The quantitative estimate of drug-likeness (QED) is 0.518. The van der Waals surface area contributed by atoms with E-state index < -0.39 is 4.92 Å². The van der Waals surface area contributed by atoms with Crippen LogP contribution in [0.3, 0.4) is 0 Å². The normalized spacial score (nSPS) is 20.7. The number of halogens is 1. The van der Waals surface area contributed by atoms with Crippen molar-refractivity contribution in [2.75, 3.05) is 25.5 Å². The van der Waals surface area contributed by atoms with Crippen LogP contribution in [0.5, 0.6) is 0 Å². The Kier molecular flexibility index (Phi) is 3.98. The summed E-state index contributed by atoms with van der Waals surface area (Å²) in [5, 5.41) is 14.3. The molecule has 0 bridgehead atoms. The predicted molar refractivity (Wildman–Crippen MR) is 70.0 cm³/mol. The summed E-state index contributed by atoms with van der Waals surface area (Å²) in [4.78, 5) is 16.7. The van der Waals surface area contributed by atoms with Gasteiger partial charge in [-0.05, 0) is 32.5 Å². The Morgan fingerprint density at radius 2 is 2.39 bits per heavy atom. The van der Waals surface area contributed by atoms with E-state index in [0.717, 1.165) is 25.9 Å². The van der Waals surface area contributed by atoms with Crippen molar-refractivity contribution in [3.8, 4) is 0 Å². The summed E-state index contributed by atoms with van der Waals surface area (Å²) in [5.74, 6) is 0.257. The van der Waals surface area contributed by atoms with Crippen molar-refractivity contribution in [1.82, 2.24) is 9.88 Å². The molecule has 6 nitrogen and oxygen atoms in total. The van der Waals surface area contributed by atoms with Gasteiger partial charge in [-0.15, -0.1) is 0 Å². The smallest absolute Gasteiger partial charge is 0.311 e. The Labute approximate surface area is 110 Å². The van der Waals surface area contributed by atoms with Crippen molar-refractivity contribution >= 4 is 23.1 Å². The summed E-state index contributed by atoms with van der Waals surface area (Å²) >= 11 is 5.78. The van der Waals surface area contributed by atoms with E-state index in [-0.39, 0.29) is 22.7 Å². The lowest BCUT2D eigenvalue weighted by atomic mass is 10.1. The van der Waals surface area contributed by atoms with Gasteiger partial charge in [-0.1, -0.05) is 11.6 Å². The maximum Gasteiger partial charge on any atom is 0.311 e. The van der Waals surface area contributed by atoms with E-state index in [9.17, 15) is 10.1 Å². The van der Waals surface area contributed by atoms with Gasteiger partial charge < -0.3 is 10.2 Å². The molecule has 98 valence electrons. The first-order chi connectivity index (χ1) is 8.56. The number of piperidine rings is 1. The monoisotopic (exact) mass is 270 g/mol. The van der Waals surface area contributed by atoms with Crippen LogP contribution < -0.4 is 5.32 Å². The molecule has 0 saturated carbocycles. The molecule has 0 aromatic carbocycles. The van der Waals surface area contributed by atoms with Crippen LogP contribution in [0.2, 0.25) is 5.15 Å². The van der Waals surface area contributed by atoms with Crippen molar-refractivity contribution in [1.29, 1.82) is 0 Å². The van der Waals surface area contributed by atoms with Crippen LogP contribution in [0, 0.1) is 10.1 Å². The molecule has 7 heteroatoms. The Hall–Kier alpha value is -1.40. The van der Waals surface area contributed by atoms with Gasteiger partial charge in [0, 0.05) is 18.7 Å². The van der Waals surface area contributed by atoms with Gasteiger partial charge in [-0.2, -0.15) is 0 Å². The first kappa shape index (κ1) is 13.0. The lowest BCUT2D eigenvalue weighted by Crippen LogP contribution is -2.40. The average molecular weight is 271 g/mol. The van der Waals surface area contributed by atoms with Crippen molar-refractivity contribution < 1.29 is 4.92 Å². The molecule has 18 heavy (non-hydrogen) atoms. The minimum absolute atomic E-state index is 0.0346. The fourth-order valence-corrected chi connectivity index (χ4v) is 2.31. The Morgan fingerprint density at radius 3 is 3.06 bits per heavy atom. The maximum atomic E-state index is 10.9. The molecule has 0 spiro atoms. The summed E-state index contributed by atoms with van der Waals surface area (Å²) in [7, 11) is 2.04. The number of hydrogen-bond donors (Lipinski definition) is 1. The third kappa shape index (κ3) is 3.08. The Bertz CT molecular complexity index is 455. The number of anilines is 1. The van der Waals surface area contributed by atoms with Gasteiger partial charge in [0.25, 0.3) is 0 Å². The number of likely N-dealkylation sites (N-methyl/N-ethyl adjacent to an activating group) is 1. The minimum Gasteiger partial charge on any atom is -0.360 e. The number of pyridine rings is 1. The molecule has 1 unspecified atom stereocenters. The second kappa shape index (κ2) is 5.49. The molecule has 0 aliphatic carbocycles. The summed E-state index contributed by atoms with van der Waals surface area (Å²) in [6.45, 7) is 1.91. The van der Waals surface area contributed by atoms with Crippen LogP contribution in [0.1, 0.15) is 12.8 Å². The highest BCUT2D eigenvalue weighted by Crippen LogP contribution is 2.25. The van der Waals surface area contributed by atoms with Crippen LogP contribution >= 0.6 is 11.6 Å². The topological polar surface area (TPSA) is 71.3 Å². The molecule has 1 aromatic heterocycles. The molecule has 2 heterocycles. The first-order valence-corrected chi connectivity index (χ1v) is 6.20. The van der Waals surface area contributed by atoms with Crippen molar-refractivity contribution in [2.24, 2.45) is 0 Å². The Morgan fingerprint density at radius 1 is 1.61 bits per heavy atom. The molecule has 1 atom stereocenters. The van der Waals surface area contributed by atoms with Gasteiger partial charge in [-0.3, -0.25) is 10.1 Å². The van der Waals surface area contributed by atoms with E-state index in [2.05, 4.69) is 15.2 Å². The van der Waals surface area contributed by atoms with Crippen LogP contribution in [0.4, 0.5) is 11.5 Å². The summed E-state index contributed by atoms with van der Waals surface area (Å²) in [6, 6.07) is 2.98. The largest absolute Gasteiger partial charge is 0.360 e. The molecule has 1 saturated heterocycles. The number of hydrogen-bond acceptors (Lipinski definition) is 5. The summed E-state index contributed by atoms with van der Waals surface area (Å²) in [6.07, 6.45) is 2.05. The fraction of sp³-hybridized carbons (Fsp3) is 0.545. The van der Waals surface area contributed by atoms with E-state index in [1.54, 1.807) is 0 Å². The van der Waals surface area contributed by atoms with Crippen LogP contribution in [0.25, 0.3) is 0 Å². The lowest BCUT2D eigenvalue weighted by molar-refractivity contribution is -0.384. The fourth-order valence-electron chi connectivity index (χ4n) is 2.16. The minimum atomic E-state index is -0.446. The van der Waals surface area contributed by atoms with Crippen LogP contribution in [-0.4, -0.2) is 41.0 Å². The van der Waals surface area contributed by atoms with Gasteiger partial charge in [0.15, 0.2) is 0 Å². The highest BCUT2D eigenvalue weighted by molar-refractivity contribution is 6.29. The SMILES string of the molecule is CN1CCCC(Nc2nc(Cl)ccc2[N+](=O)[O-])C1. The van der Waals surface area contributed by atoms with E-state index in [1.807, 2.05) is 7.05 Å². The lowest BCUT2D eigenvalue weighted by Gasteiger charge is -2.30. The standard InChI is InChI=1S/C11H15ClN4O2/c1-15-6-2-3-8(7-15)13-11-9(16(17)18)4-5-10(12)14-11/h4-5,8H,2-3,6-7H2,1H3,(H,13,14). The highest BCUT2D eigenvalue weighted by Gasteiger charge is 2.22. The number of nitrogens with one attached hydrogen (secondary N) is 1. The molecule has 1 N–H and O–H groups in total. The van der Waals surface area contributed by atoms with Gasteiger partial charge >= 0.3 is 5.69 Å². The zero-order chi connectivity index (χ0) is 13.1. The van der Waals surface area contributed by atoms with E-state index in [0.29, 0.717) is 0 Å². The summed E-state index contributed by atoms with van der Waals surface area (Å²) in [5.41, 5.74) is -0.0346. The average Bonchev–Trinajstić information content (AvgIpc) is 2.28. The number of nitrogens with zero attached hydrogens (tertiary/aromatic N) is 3. The highest BCUT2D eigenvalue weighted by atomic mass is 35.5. The zero-order valence-electron chi connectivity index (χ0n) is 10.1. The Balaban J connectivity index is 2.16. The number of aromatic nitrogens is 1. The molecule has 1 fully saturated rings. The molecular weight excluding hydrogens is 256 g/mol. The summed E-state index contributed by atoms with van der Waals surface area (Å²) < 4.78 is 0. The molecule has 0 amide bonds. The third-order valence-corrected chi connectivity index (χ3v) is 3.21. The van der Waals surface area contributed by atoms with Crippen molar-refractivity contribution in [3.05, 3.63) is 27.4 Å². The zero-order valence-corrected chi connectivity index (χ0v) is 10.9. The molecular formula is C11H15ClN4O2. The molecule has 2 rings (SSSR count). The molecule has 1 aromatic rings. The third-order valence-electron chi connectivity index (χ3n) is 3.00. The van der Waals surface area contributed by atoms with E-state index in [1.165, 1.54) is 12.1 Å². The van der Waals surface area contributed by atoms with Gasteiger partial charge in [-0.25, -0.2) is 4.98 Å². The second-order valence-electron chi connectivity index (χ2n) is 4.50. The van der Waals surface area contributed by atoms with Gasteiger partial charge in [0.2, 0.25) is 5.82 Å². The molecule has 1 aliphatic rings. The maximum absolute atomic E-state index is 10.9.